The molecule has 1 aliphatic rings. The topological polar surface area (TPSA) is 25.8 Å². The smallest absolute Gasteiger partial charge is 0.160 e. The van der Waals surface area contributed by atoms with Gasteiger partial charge in [0.1, 0.15) is 0 Å². The molecule has 8 aromatic carbocycles. The van der Waals surface area contributed by atoms with Gasteiger partial charge in [0.25, 0.3) is 0 Å². The van der Waals surface area contributed by atoms with E-state index in [-0.39, 0.29) is 5.41 Å². The van der Waals surface area contributed by atoms with Gasteiger partial charge in [0.05, 0.1) is 11.4 Å². The number of benzene rings is 8. The largest absolute Gasteiger partial charge is 0.228 e. The summed E-state index contributed by atoms with van der Waals surface area (Å²) in [5.41, 5.74) is 17.6. The molecule has 10 rings (SSSR count). The van der Waals surface area contributed by atoms with Crippen LogP contribution in [0.15, 0.2) is 194 Å². The van der Waals surface area contributed by atoms with Crippen molar-refractivity contribution in [3.05, 3.63) is 205 Å². The van der Waals surface area contributed by atoms with Crippen molar-refractivity contribution >= 4 is 10.8 Å². The van der Waals surface area contributed by atoms with Crippen LogP contribution in [0.3, 0.4) is 0 Å². The normalized spacial score (nSPS) is 12.7. The molecule has 0 aliphatic heterocycles. The average molecular weight is 703 g/mol. The lowest BCUT2D eigenvalue weighted by molar-refractivity contribution is 0.661. The van der Waals surface area contributed by atoms with Crippen LogP contribution in [-0.4, -0.2) is 9.97 Å². The van der Waals surface area contributed by atoms with Crippen LogP contribution in [0.25, 0.3) is 89.2 Å². The molecule has 1 aromatic heterocycles. The van der Waals surface area contributed by atoms with Crippen molar-refractivity contribution in [1.82, 2.24) is 9.97 Å². The SMILES string of the molecule is CC1(C)c2cc(-c3ccc(-c4cccc(-c5cc(-c6ccccc6)nc(-c6ccccc6)n5)c4)cc3)ccc2-c2c1cc1ccccc1c2-c1ccccc1. The third kappa shape index (κ3) is 5.75. The van der Waals surface area contributed by atoms with Gasteiger partial charge in [-0.1, -0.05) is 184 Å². The number of rotatable bonds is 6. The fourth-order valence-electron chi connectivity index (χ4n) is 8.41. The van der Waals surface area contributed by atoms with E-state index in [1.165, 1.54) is 60.8 Å². The Kier molecular flexibility index (Phi) is 7.85. The first-order valence-corrected chi connectivity index (χ1v) is 19.0. The van der Waals surface area contributed by atoms with Crippen molar-refractivity contribution in [3.8, 4) is 78.4 Å². The van der Waals surface area contributed by atoms with E-state index in [0.29, 0.717) is 0 Å². The number of fused-ring (bicyclic) bond motifs is 4. The second kappa shape index (κ2) is 13.2. The van der Waals surface area contributed by atoms with Crippen LogP contribution in [0.1, 0.15) is 25.0 Å². The maximum Gasteiger partial charge on any atom is 0.160 e. The highest BCUT2D eigenvalue weighted by Crippen LogP contribution is 2.55. The van der Waals surface area contributed by atoms with E-state index < -0.39 is 0 Å². The molecule has 55 heavy (non-hydrogen) atoms. The lowest BCUT2D eigenvalue weighted by atomic mass is 9.80. The zero-order chi connectivity index (χ0) is 36.9. The molecule has 0 amide bonds. The lowest BCUT2D eigenvalue weighted by Crippen LogP contribution is -2.15. The molecule has 0 saturated carbocycles. The maximum atomic E-state index is 5.07. The van der Waals surface area contributed by atoms with Crippen LogP contribution in [0.4, 0.5) is 0 Å². The Bertz CT molecular complexity index is 2800. The van der Waals surface area contributed by atoms with Crippen LogP contribution in [0.5, 0.6) is 0 Å². The quantitative estimate of drug-likeness (QED) is 0.172. The Hall–Kier alpha value is -6.90. The minimum Gasteiger partial charge on any atom is -0.228 e. The highest BCUT2D eigenvalue weighted by Gasteiger charge is 2.38. The average Bonchev–Trinajstić information content (AvgIpc) is 3.48. The molecule has 0 spiro atoms. The molecule has 0 bridgehead atoms. The van der Waals surface area contributed by atoms with Crippen LogP contribution in [0.2, 0.25) is 0 Å². The zero-order valence-electron chi connectivity index (χ0n) is 30.9. The van der Waals surface area contributed by atoms with E-state index in [1.54, 1.807) is 0 Å². The van der Waals surface area contributed by atoms with Gasteiger partial charge < -0.3 is 0 Å². The first-order valence-electron chi connectivity index (χ1n) is 19.0. The molecule has 0 atom stereocenters. The summed E-state index contributed by atoms with van der Waals surface area (Å²) in [6, 6.07) is 69.5. The lowest BCUT2D eigenvalue weighted by Gasteiger charge is -2.23. The Balaban J connectivity index is 1.01. The molecule has 260 valence electrons. The number of hydrogen-bond donors (Lipinski definition) is 0. The molecule has 2 nitrogen and oxygen atoms in total. The van der Waals surface area contributed by atoms with Crippen LogP contribution in [-0.2, 0) is 5.41 Å². The predicted octanol–water partition coefficient (Wildman–Crippen LogP) is 13.9. The Morgan fingerprint density at radius 3 is 1.56 bits per heavy atom. The first-order chi connectivity index (χ1) is 27.0. The van der Waals surface area contributed by atoms with E-state index in [1.807, 2.05) is 24.3 Å². The Morgan fingerprint density at radius 2 is 0.873 bits per heavy atom. The first kappa shape index (κ1) is 32.7. The molecule has 0 fully saturated rings. The number of nitrogens with zero attached hydrogens (tertiary/aromatic N) is 2. The van der Waals surface area contributed by atoms with Crippen molar-refractivity contribution in [2.75, 3.05) is 0 Å². The van der Waals surface area contributed by atoms with Crippen LogP contribution >= 0.6 is 0 Å². The van der Waals surface area contributed by atoms with Gasteiger partial charge in [0, 0.05) is 22.1 Å². The molecular formula is C53H38N2. The number of hydrogen-bond acceptors (Lipinski definition) is 2. The molecular weight excluding hydrogens is 665 g/mol. The van der Waals surface area contributed by atoms with Crippen LogP contribution < -0.4 is 0 Å². The van der Waals surface area contributed by atoms with Crippen LogP contribution in [0, 0.1) is 0 Å². The predicted molar refractivity (Wildman–Crippen MR) is 230 cm³/mol. The van der Waals surface area contributed by atoms with Crippen molar-refractivity contribution in [3.63, 3.8) is 0 Å². The fraction of sp³-hybridized carbons (Fsp3) is 0.0566. The van der Waals surface area contributed by atoms with E-state index in [9.17, 15) is 0 Å². The summed E-state index contributed by atoms with van der Waals surface area (Å²) in [6.07, 6.45) is 0. The Morgan fingerprint density at radius 1 is 0.345 bits per heavy atom. The van der Waals surface area contributed by atoms with Crippen molar-refractivity contribution < 1.29 is 0 Å². The summed E-state index contributed by atoms with van der Waals surface area (Å²) in [5.74, 6) is 0.719. The van der Waals surface area contributed by atoms with Gasteiger partial charge in [-0.3, -0.25) is 0 Å². The standard InChI is InChI=1S/C53H38N2/c1-53(2)46-32-41(29-30-45(46)51-47(53)33-42-21-12-13-24-44(42)50(51)38-17-8-4-9-18-38)36-27-25-35(26-28-36)40-22-14-23-43(31-40)49-34-48(37-15-6-3-7-16-37)54-52(55-49)39-19-10-5-11-20-39/h3-34H,1-2H3. The molecule has 1 aliphatic carbocycles. The highest BCUT2D eigenvalue weighted by molar-refractivity contribution is 6.08. The van der Waals surface area contributed by atoms with Gasteiger partial charge in [0.15, 0.2) is 5.82 Å². The summed E-state index contributed by atoms with van der Waals surface area (Å²) in [5, 5.41) is 2.58. The molecule has 1 heterocycles. The molecule has 0 N–H and O–H groups in total. The van der Waals surface area contributed by atoms with Gasteiger partial charge in [0.2, 0.25) is 0 Å². The monoisotopic (exact) mass is 702 g/mol. The summed E-state index contributed by atoms with van der Waals surface area (Å²) in [7, 11) is 0. The molecule has 9 aromatic rings. The molecule has 2 heteroatoms. The van der Waals surface area contributed by atoms with Crippen molar-refractivity contribution in [2.24, 2.45) is 0 Å². The second-order valence-corrected chi connectivity index (χ2v) is 15.0. The van der Waals surface area contributed by atoms with Crippen molar-refractivity contribution in [2.45, 2.75) is 19.3 Å². The maximum absolute atomic E-state index is 5.07. The van der Waals surface area contributed by atoms with Gasteiger partial charge >= 0.3 is 0 Å². The minimum atomic E-state index is -0.142. The molecule has 0 saturated heterocycles. The number of aromatic nitrogens is 2. The van der Waals surface area contributed by atoms with Crippen molar-refractivity contribution in [1.29, 1.82) is 0 Å². The van der Waals surface area contributed by atoms with Gasteiger partial charge in [-0.25, -0.2) is 9.97 Å². The molecule has 0 radical (unpaired) electrons. The Labute approximate surface area is 322 Å². The highest BCUT2D eigenvalue weighted by atomic mass is 14.9. The third-order valence-electron chi connectivity index (χ3n) is 11.3. The third-order valence-corrected chi connectivity index (χ3v) is 11.3. The van der Waals surface area contributed by atoms with E-state index in [0.717, 1.165) is 39.5 Å². The van der Waals surface area contributed by atoms with Gasteiger partial charge in [-0.05, 0) is 90.7 Å². The zero-order valence-corrected chi connectivity index (χ0v) is 30.9. The fourth-order valence-corrected chi connectivity index (χ4v) is 8.41. The summed E-state index contributed by atoms with van der Waals surface area (Å²) >= 11 is 0. The molecule has 0 unspecified atom stereocenters. The summed E-state index contributed by atoms with van der Waals surface area (Å²) in [6.45, 7) is 4.76. The minimum absolute atomic E-state index is 0.142. The van der Waals surface area contributed by atoms with E-state index >= 15 is 0 Å². The van der Waals surface area contributed by atoms with Gasteiger partial charge in [-0.2, -0.15) is 0 Å². The van der Waals surface area contributed by atoms with E-state index in [2.05, 4.69) is 184 Å². The summed E-state index contributed by atoms with van der Waals surface area (Å²) in [4.78, 5) is 10.1. The van der Waals surface area contributed by atoms with Gasteiger partial charge in [-0.15, -0.1) is 0 Å². The second-order valence-electron chi connectivity index (χ2n) is 15.0. The van der Waals surface area contributed by atoms with E-state index in [4.69, 9.17) is 9.97 Å². The summed E-state index contributed by atoms with van der Waals surface area (Å²) < 4.78 is 0.